The van der Waals surface area contributed by atoms with Gasteiger partial charge in [-0.3, -0.25) is 0 Å². The Morgan fingerprint density at radius 2 is 1.86 bits per heavy atom. The van der Waals surface area contributed by atoms with Crippen LogP contribution in [-0.4, -0.2) is 50.9 Å². The van der Waals surface area contributed by atoms with Gasteiger partial charge >= 0.3 is 0 Å². The van der Waals surface area contributed by atoms with Gasteiger partial charge in [0.05, 0.1) is 31.4 Å². The molecule has 8 nitrogen and oxygen atoms in total. The summed E-state index contributed by atoms with van der Waals surface area (Å²) in [5.74, 6) is 1.77. The number of aliphatic hydroxyl groups is 1. The highest BCUT2D eigenvalue weighted by Crippen LogP contribution is 2.21. The fourth-order valence-electron chi connectivity index (χ4n) is 2.36. The van der Waals surface area contributed by atoms with Gasteiger partial charge in [-0.1, -0.05) is 23.9 Å². The number of aromatic nitrogens is 4. The molecule has 1 heterocycles. The van der Waals surface area contributed by atoms with Crippen molar-refractivity contribution >= 4 is 11.8 Å². The zero-order valence-corrected chi connectivity index (χ0v) is 16.0. The molecule has 2 aromatic carbocycles. The fourth-order valence-corrected chi connectivity index (χ4v) is 3.16. The third-order valence-corrected chi connectivity index (χ3v) is 4.88. The van der Waals surface area contributed by atoms with Crippen LogP contribution in [0.3, 0.4) is 0 Å². The molecule has 3 rings (SSSR count). The van der Waals surface area contributed by atoms with Crippen molar-refractivity contribution in [1.29, 1.82) is 5.26 Å². The van der Waals surface area contributed by atoms with Gasteiger partial charge < -0.3 is 14.6 Å². The molecule has 0 fully saturated rings. The molecule has 0 aliphatic carbocycles. The molecule has 0 saturated heterocycles. The topological polar surface area (TPSA) is 106 Å². The fraction of sp³-hybridized carbons (Fsp3) is 0.263. The third-order valence-electron chi connectivity index (χ3n) is 3.81. The van der Waals surface area contributed by atoms with Crippen LogP contribution >= 0.6 is 11.8 Å². The molecule has 0 bridgehead atoms. The van der Waals surface area contributed by atoms with E-state index < -0.39 is 6.10 Å². The van der Waals surface area contributed by atoms with Crippen LogP contribution in [0, 0.1) is 11.3 Å². The maximum absolute atomic E-state index is 10.2. The second kappa shape index (κ2) is 9.73. The van der Waals surface area contributed by atoms with Crippen molar-refractivity contribution in [3.8, 4) is 23.3 Å². The average Bonchev–Trinajstić information content (AvgIpc) is 3.20. The largest absolute Gasteiger partial charge is 0.497 e. The molecule has 3 aromatic rings. The number of thioether (sulfide) groups is 1. The summed E-state index contributed by atoms with van der Waals surface area (Å²) in [6.45, 7) is 0.148. The summed E-state index contributed by atoms with van der Waals surface area (Å²) in [4.78, 5) is 0. The average molecular weight is 397 g/mol. The van der Waals surface area contributed by atoms with Crippen LogP contribution < -0.4 is 9.47 Å². The molecule has 0 amide bonds. The van der Waals surface area contributed by atoms with Crippen molar-refractivity contribution in [3.05, 3.63) is 54.1 Å². The molecule has 144 valence electrons. The Kier molecular flexibility index (Phi) is 6.84. The minimum Gasteiger partial charge on any atom is -0.497 e. The van der Waals surface area contributed by atoms with Gasteiger partial charge in [0.2, 0.25) is 5.16 Å². The zero-order valence-electron chi connectivity index (χ0n) is 15.2. The van der Waals surface area contributed by atoms with Crippen LogP contribution in [0.5, 0.6) is 11.5 Å². The van der Waals surface area contributed by atoms with E-state index in [1.54, 1.807) is 23.9 Å². The molecule has 0 saturated carbocycles. The van der Waals surface area contributed by atoms with Crippen molar-refractivity contribution in [2.45, 2.75) is 17.7 Å². The highest BCUT2D eigenvalue weighted by atomic mass is 32.2. The zero-order chi connectivity index (χ0) is 19.8. The number of aliphatic hydroxyl groups excluding tert-OH is 1. The van der Waals surface area contributed by atoms with E-state index in [0.717, 1.165) is 17.0 Å². The van der Waals surface area contributed by atoms with E-state index in [9.17, 15) is 5.11 Å². The summed E-state index contributed by atoms with van der Waals surface area (Å²) in [5, 5.41) is 31.2. The molecule has 1 aromatic heterocycles. The predicted molar refractivity (Wildman–Crippen MR) is 104 cm³/mol. The van der Waals surface area contributed by atoms with Crippen molar-refractivity contribution in [3.63, 3.8) is 0 Å². The number of nitriles is 1. The first kappa shape index (κ1) is 19.7. The van der Waals surface area contributed by atoms with E-state index in [1.165, 1.54) is 11.8 Å². The number of ether oxygens (including phenoxy) is 2. The van der Waals surface area contributed by atoms with Crippen LogP contribution in [0.2, 0.25) is 0 Å². The summed E-state index contributed by atoms with van der Waals surface area (Å²) < 4.78 is 12.3. The van der Waals surface area contributed by atoms with Gasteiger partial charge in [-0.15, -0.1) is 5.10 Å². The van der Waals surface area contributed by atoms with E-state index in [4.69, 9.17) is 14.7 Å². The Morgan fingerprint density at radius 1 is 1.14 bits per heavy atom. The Bertz CT molecular complexity index is 922. The number of hydrogen-bond donors (Lipinski definition) is 1. The molecule has 0 spiro atoms. The second-order valence-corrected chi connectivity index (χ2v) is 6.81. The van der Waals surface area contributed by atoms with E-state index in [1.807, 2.05) is 36.4 Å². The molecule has 28 heavy (non-hydrogen) atoms. The number of hydrogen-bond acceptors (Lipinski definition) is 8. The van der Waals surface area contributed by atoms with Gasteiger partial charge in [0, 0.05) is 5.75 Å². The summed E-state index contributed by atoms with van der Waals surface area (Å²) in [7, 11) is 1.61. The molecule has 1 atom stereocenters. The first-order chi connectivity index (χ1) is 13.7. The number of rotatable bonds is 9. The Labute approximate surface area is 166 Å². The van der Waals surface area contributed by atoms with Crippen LogP contribution in [0.1, 0.15) is 5.56 Å². The smallest absolute Gasteiger partial charge is 0.214 e. The van der Waals surface area contributed by atoms with Crippen LogP contribution in [0.25, 0.3) is 5.69 Å². The number of tetrazole rings is 1. The van der Waals surface area contributed by atoms with Gasteiger partial charge in [-0.05, 0) is 52.4 Å². The third kappa shape index (κ3) is 5.22. The minimum absolute atomic E-state index is 0.148. The van der Waals surface area contributed by atoms with Gasteiger partial charge in [0.1, 0.15) is 18.1 Å². The van der Waals surface area contributed by atoms with Crippen molar-refractivity contribution in [1.82, 2.24) is 20.2 Å². The summed E-state index contributed by atoms with van der Waals surface area (Å²) in [5.41, 5.74) is 1.73. The molecular formula is C19H19N5O3S. The molecule has 0 aliphatic heterocycles. The predicted octanol–water partition coefficient (Wildman–Crippen LogP) is 2.27. The van der Waals surface area contributed by atoms with Gasteiger partial charge in [0.25, 0.3) is 0 Å². The lowest BCUT2D eigenvalue weighted by Gasteiger charge is -2.12. The number of benzene rings is 2. The first-order valence-electron chi connectivity index (χ1n) is 8.52. The first-order valence-corrected chi connectivity index (χ1v) is 9.50. The maximum Gasteiger partial charge on any atom is 0.214 e. The van der Waals surface area contributed by atoms with Crippen molar-refractivity contribution in [2.24, 2.45) is 0 Å². The lowest BCUT2D eigenvalue weighted by molar-refractivity contribution is 0.126. The van der Waals surface area contributed by atoms with Gasteiger partial charge in [-0.25, -0.2) is 0 Å². The highest BCUT2D eigenvalue weighted by Gasteiger charge is 2.13. The Hall–Kier alpha value is -3.09. The molecule has 0 radical (unpaired) electrons. The molecule has 0 aliphatic rings. The summed E-state index contributed by atoms with van der Waals surface area (Å²) in [6.07, 6.45) is -0.326. The quantitative estimate of drug-likeness (QED) is 0.548. The second-order valence-electron chi connectivity index (χ2n) is 5.83. The lowest BCUT2D eigenvalue weighted by Crippen LogP contribution is -2.20. The Balaban J connectivity index is 1.51. The molecule has 0 unspecified atom stereocenters. The van der Waals surface area contributed by atoms with E-state index in [0.29, 0.717) is 23.1 Å². The molecule has 1 N–H and O–H groups in total. The summed E-state index contributed by atoms with van der Waals surface area (Å²) >= 11 is 1.34. The minimum atomic E-state index is -0.690. The van der Waals surface area contributed by atoms with Crippen LogP contribution in [0.15, 0.2) is 53.7 Å². The van der Waals surface area contributed by atoms with Crippen molar-refractivity contribution in [2.75, 3.05) is 19.5 Å². The van der Waals surface area contributed by atoms with Gasteiger partial charge in [-0.2, -0.15) is 9.94 Å². The molecule has 9 heteroatoms. The lowest BCUT2D eigenvalue weighted by atomic mass is 10.2. The van der Waals surface area contributed by atoms with Crippen LogP contribution in [0.4, 0.5) is 0 Å². The van der Waals surface area contributed by atoms with Gasteiger partial charge in [0.15, 0.2) is 0 Å². The standard InChI is InChI=1S/C19H19N5O3S/c1-26-17-8-4-15(5-9-17)24-19(21-22-23-24)28-13-16(25)12-27-18-6-2-14(3-7-18)10-11-20/h2-9,16,25H,10,12-13H2,1H3/t16-/m1/s1. The number of nitrogens with zero attached hydrogens (tertiary/aromatic N) is 5. The normalized spacial score (nSPS) is 11.6. The van der Waals surface area contributed by atoms with E-state index in [-0.39, 0.29) is 6.61 Å². The number of methoxy groups -OCH3 is 1. The Morgan fingerprint density at radius 3 is 2.54 bits per heavy atom. The highest BCUT2D eigenvalue weighted by molar-refractivity contribution is 7.99. The van der Waals surface area contributed by atoms with Crippen molar-refractivity contribution < 1.29 is 14.6 Å². The SMILES string of the molecule is COc1ccc(-n2nnnc2SC[C@H](O)COc2ccc(CC#N)cc2)cc1. The monoisotopic (exact) mass is 397 g/mol. The molecular weight excluding hydrogens is 378 g/mol. The maximum atomic E-state index is 10.2. The van der Waals surface area contributed by atoms with Crippen LogP contribution in [-0.2, 0) is 6.42 Å². The van der Waals surface area contributed by atoms with E-state index >= 15 is 0 Å². The van der Waals surface area contributed by atoms with E-state index in [2.05, 4.69) is 21.6 Å². The summed E-state index contributed by atoms with van der Waals surface area (Å²) in [6, 6.07) is 16.7.